The zero-order valence-corrected chi connectivity index (χ0v) is 11.2. The Balaban J connectivity index is 0.00000144. The molecule has 5 heteroatoms. The van der Waals surface area contributed by atoms with Crippen LogP contribution in [0.2, 0.25) is 0 Å². The summed E-state index contributed by atoms with van der Waals surface area (Å²) >= 11 is 1.91. The molecular formula is C12H17ClN2OS. The number of halogens is 1. The average molecular weight is 273 g/mol. The molecule has 0 bridgehead atoms. The van der Waals surface area contributed by atoms with Gasteiger partial charge in [0.25, 0.3) is 0 Å². The summed E-state index contributed by atoms with van der Waals surface area (Å²) in [6.45, 7) is 1.01. The molecule has 2 N–H and O–H groups in total. The molecule has 1 saturated heterocycles. The molecule has 1 aromatic carbocycles. The number of carbonyl (C=O) groups excluding carboxylic acids is 1. The normalized spacial score (nSPS) is 19.2. The Morgan fingerprint density at radius 2 is 2.18 bits per heavy atom. The molecule has 1 aliphatic rings. The molecule has 2 rings (SSSR count). The fourth-order valence-corrected chi connectivity index (χ4v) is 2.66. The van der Waals surface area contributed by atoms with Gasteiger partial charge in [0.05, 0.1) is 0 Å². The molecule has 1 aromatic rings. The molecule has 94 valence electrons. The van der Waals surface area contributed by atoms with Crippen LogP contribution in [0.1, 0.15) is 6.42 Å². The smallest absolute Gasteiger partial charge is 0.225 e. The lowest BCUT2D eigenvalue weighted by Crippen LogP contribution is -2.39. The quantitative estimate of drug-likeness (QED) is 0.886. The lowest BCUT2D eigenvalue weighted by atomic mass is 10.2. The molecule has 0 saturated carbocycles. The van der Waals surface area contributed by atoms with Crippen molar-refractivity contribution in [3.63, 3.8) is 0 Å². The highest BCUT2D eigenvalue weighted by molar-refractivity contribution is 7.99. The highest BCUT2D eigenvalue weighted by Gasteiger charge is 2.16. The molecule has 0 aliphatic carbocycles. The van der Waals surface area contributed by atoms with Gasteiger partial charge in [0, 0.05) is 36.2 Å². The minimum absolute atomic E-state index is 0. The summed E-state index contributed by atoms with van der Waals surface area (Å²) in [5.41, 5.74) is 0.871. The highest BCUT2D eigenvalue weighted by Crippen LogP contribution is 2.12. The first-order valence-corrected chi connectivity index (χ1v) is 6.66. The van der Waals surface area contributed by atoms with Gasteiger partial charge < -0.3 is 10.6 Å². The number of thioether (sulfide) groups is 1. The van der Waals surface area contributed by atoms with Crippen LogP contribution < -0.4 is 10.6 Å². The lowest BCUT2D eigenvalue weighted by molar-refractivity contribution is -0.116. The highest BCUT2D eigenvalue weighted by atomic mass is 35.5. The van der Waals surface area contributed by atoms with E-state index < -0.39 is 0 Å². The molecule has 0 radical (unpaired) electrons. The first-order chi connectivity index (χ1) is 7.84. The third-order valence-electron chi connectivity index (χ3n) is 2.49. The Kier molecular flexibility index (Phi) is 6.40. The second kappa shape index (κ2) is 7.58. The van der Waals surface area contributed by atoms with Crippen LogP contribution in [0.4, 0.5) is 5.69 Å². The van der Waals surface area contributed by atoms with Gasteiger partial charge in [0.15, 0.2) is 0 Å². The molecule has 1 amide bonds. The minimum Gasteiger partial charge on any atom is -0.326 e. The van der Waals surface area contributed by atoms with Gasteiger partial charge in [-0.15, -0.1) is 12.4 Å². The van der Waals surface area contributed by atoms with Crippen molar-refractivity contribution in [2.75, 3.05) is 23.4 Å². The van der Waals surface area contributed by atoms with E-state index in [0.29, 0.717) is 12.5 Å². The maximum atomic E-state index is 11.7. The van der Waals surface area contributed by atoms with Gasteiger partial charge in [0.2, 0.25) is 5.91 Å². The van der Waals surface area contributed by atoms with Crippen molar-refractivity contribution in [3.8, 4) is 0 Å². The molecule has 1 atom stereocenters. The van der Waals surface area contributed by atoms with E-state index in [2.05, 4.69) is 10.6 Å². The number of amides is 1. The third-order valence-corrected chi connectivity index (χ3v) is 3.62. The first kappa shape index (κ1) is 14.4. The van der Waals surface area contributed by atoms with Crippen LogP contribution in [-0.4, -0.2) is 30.0 Å². The average Bonchev–Trinajstić information content (AvgIpc) is 2.31. The Bertz CT molecular complexity index is 342. The van der Waals surface area contributed by atoms with Crippen LogP contribution in [-0.2, 0) is 4.79 Å². The van der Waals surface area contributed by atoms with E-state index in [1.807, 2.05) is 42.1 Å². The van der Waals surface area contributed by atoms with Gasteiger partial charge in [-0.3, -0.25) is 4.79 Å². The Morgan fingerprint density at radius 3 is 2.82 bits per heavy atom. The largest absolute Gasteiger partial charge is 0.326 e. The number of carbonyl (C=O) groups is 1. The molecular weight excluding hydrogens is 256 g/mol. The fraction of sp³-hybridized carbons (Fsp3) is 0.417. The number of para-hydroxylation sites is 1. The molecule has 1 unspecified atom stereocenters. The summed E-state index contributed by atoms with van der Waals surface area (Å²) < 4.78 is 0. The van der Waals surface area contributed by atoms with Crippen LogP contribution >= 0.6 is 24.2 Å². The van der Waals surface area contributed by atoms with E-state index in [-0.39, 0.29) is 18.3 Å². The number of rotatable bonds is 3. The number of anilines is 1. The van der Waals surface area contributed by atoms with Crippen LogP contribution in [0.3, 0.4) is 0 Å². The number of hydrogen-bond donors (Lipinski definition) is 2. The van der Waals surface area contributed by atoms with Crippen LogP contribution in [0.5, 0.6) is 0 Å². The predicted octanol–water partition coefficient (Wildman–Crippen LogP) is 2.14. The van der Waals surface area contributed by atoms with Gasteiger partial charge in [-0.1, -0.05) is 18.2 Å². The predicted molar refractivity (Wildman–Crippen MR) is 76.1 cm³/mol. The van der Waals surface area contributed by atoms with Crippen LogP contribution in [0.15, 0.2) is 30.3 Å². The molecule has 0 spiro atoms. The molecule has 1 heterocycles. The topological polar surface area (TPSA) is 41.1 Å². The van der Waals surface area contributed by atoms with Gasteiger partial charge in [-0.25, -0.2) is 0 Å². The van der Waals surface area contributed by atoms with Gasteiger partial charge in [-0.2, -0.15) is 11.8 Å². The number of benzene rings is 1. The van der Waals surface area contributed by atoms with E-state index in [9.17, 15) is 4.79 Å². The summed E-state index contributed by atoms with van der Waals surface area (Å²) in [4.78, 5) is 11.7. The summed E-state index contributed by atoms with van der Waals surface area (Å²) in [5.74, 6) is 2.27. The Hall–Kier alpha value is -0.710. The van der Waals surface area contributed by atoms with Crippen LogP contribution in [0, 0.1) is 0 Å². The van der Waals surface area contributed by atoms with E-state index >= 15 is 0 Å². The van der Waals surface area contributed by atoms with E-state index in [1.54, 1.807) is 0 Å². The molecule has 17 heavy (non-hydrogen) atoms. The van der Waals surface area contributed by atoms with Crippen molar-refractivity contribution in [1.29, 1.82) is 0 Å². The molecule has 3 nitrogen and oxygen atoms in total. The van der Waals surface area contributed by atoms with Crippen molar-refractivity contribution in [2.24, 2.45) is 0 Å². The maximum absolute atomic E-state index is 11.7. The van der Waals surface area contributed by atoms with Gasteiger partial charge in [-0.05, 0) is 12.1 Å². The van der Waals surface area contributed by atoms with Crippen molar-refractivity contribution >= 4 is 35.8 Å². The lowest BCUT2D eigenvalue weighted by Gasteiger charge is -2.22. The summed E-state index contributed by atoms with van der Waals surface area (Å²) in [7, 11) is 0. The Morgan fingerprint density at radius 1 is 1.41 bits per heavy atom. The van der Waals surface area contributed by atoms with E-state index in [1.165, 1.54) is 0 Å². The summed E-state index contributed by atoms with van der Waals surface area (Å²) in [6.07, 6.45) is 0.557. The minimum atomic E-state index is 0. The number of nitrogens with one attached hydrogen (secondary N) is 2. The van der Waals surface area contributed by atoms with Gasteiger partial charge >= 0.3 is 0 Å². The SMILES string of the molecule is Cl.O=C(CC1CSCCN1)Nc1ccccc1. The second-order valence-electron chi connectivity index (χ2n) is 3.84. The summed E-state index contributed by atoms with van der Waals surface area (Å²) in [6, 6.07) is 9.91. The maximum Gasteiger partial charge on any atom is 0.225 e. The van der Waals surface area contributed by atoms with Crippen molar-refractivity contribution < 1.29 is 4.79 Å². The number of hydrogen-bond acceptors (Lipinski definition) is 3. The molecule has 1 fully saturated rings. The monoisotopic (exact) mass is 272 g/mol. The van der Waals surface area contributed by atoms with Crippen LogP contribution in [0.25, 0.3) is 0 Å². The van der Waals surface area contributed by atoms with Crippen molar-refractivity contribution in [2.45, 2.75) is 12.5 Å². The van der Waals surface area contributed by atoms with E-state index in [4.69, 9.17) is 0 Å². The van der Waals surface area contributed by atoms with E-state index in [0.717, 1.165) is 23.7 Å². The second-order valence-corrected chi connectivity index (χ2v) is 4.99. The van der Waals surface area contributed by atoms with Crippen molar-refractivity contribution in [3.05, 3.63) is 30.3 Å². The standard InChI is InChI=1S/C12H16N2OS.ClH/c15-12(8-11-9-16-7-6-13-11)14-10-4-2-1-3-5-10;/h1-5,11,13H,6-9H2,(H,14,15);1H. The van der Waals surface area contributed by atoms with Crippen molar-refractivity contribution in [1.82, 2.24) is 5.32 Å². The zero-order chi connectivity index (χ0) is 11.2. The first-order valence-electron chi connectivity index (χ1n) is 5.50. The third kappa shape index (κ3) is 4.98. The summed E-state index contributed by atoms with van der Waals surface area (Å²) in [5, 5.41) is 6.26. The fourth-order valence-electron chi connectivity index (χ4n) is 1.71. The Labute approximate surface area is 112 Å². The molecule has 0 aromatic heterocycles. The zero-order valence-electron chi connectivity index (χ0n) is 9.52. The van der Waals surface area contributed by atoms with Gasteiger partial charge in [0.1, 0.15) is 0 Å². The molecule has 1 aliphatic heterocycles.